The van der Waals surface area contributed by atoms with Gasteiger partial charge in [-0.2, -0.15) is 11.3 Å². The molecule has 0 fully saturated rings. The van der Waals surface area contributed by atoms with Gasteiger partial charge in [-0.25, -0.2) is 4.98 Å². The topological polar surface area (TPSA) is 40.7 Å². The second kappa shape index (κ2) is 4.39. The van der Waals surface area contributed by atoms with Crippen molar-refractivity contribution >= 4 is 11.3 Å². The van der Waals surface area contributed by atoms with Gasteiger partial charge in [-0.15, -0.1) is 0 Å². The molecule has 0 amide bonds. The third kappa shape index (κ3) is 1.86. The highest BCUT2D eigenvalue weighted by atomic mass is 32.1. The summed E-state index contributed by atoms with van der Waals surface area (Å²) in [4.78, 5) is 7.42. The number of hydrogen-bond donors (Lipinski definition) is 2. The molecular weight excluding hydrogens is 194 g/mol. The van der Waals surface area contributed by atoms with Crippen molar-refractivity contribution in [2.75, 3.05) is 6.54 Å². The summed E-state index contributed by atoms with van der Waals surface area (Å²) >= 11 is 1.71. The average molecular weight is 207 g/mol. The monoisotopic (exact) mass is 207 g/mol. The van der Waals surface area contributed by atoms with Crippen LogP contribution in [0.5, 0.6) is 0 Å². The summed E-state index contributed by atoms with van der Waals surface area (Å²) in [6.07, 6.45) is 3.64. The molecule has 1 unspecified atom stereocenters. The van der Waals surface area contributed by atoms with Crippen LogP contribution in [0.3, 0.4) is 0 Å². The number of thiophene rings is 1. The largest absolute Gasteiger partial charge is 0.347 e. The van der Waals surface area contributed by atoms with Gasteiger partial charge in [-0.05, 0) is 28.9 Å². The molecule has 14 heavy (non-hydrogen) atoms. The molecule has 0 aliphatic heterocycles. The SMILES string of the molecule is CCNC(c1ccsc1)c1ncc[nH]1. The number of aromatic nitrogens is 2. The molecule has 2 heterocycles. The minimum atomic E-state index is 0.196. The zero-order valence-corrected chi connectivity index (χ0v) is 8.84. The highest BCUT2D eigenvalue weighted by molar-refractivity contribution is 7.07. The lowest BCUT2D eigenvalue weighted by molar-refractivity contribution is 0.605. The van der Waals surface area contributed by atoms with Crippen LogP contribution in [-0.2, 0) is 0 Å². The Bertz CT molecular complexity index is 318. The van der Waals surface area contributed by atoms with E-state index in [0.717, 1.165) is 12.4 Å². The van der Waals surface area contributed by atoms with Crippen LogP contribution >= 0.6 is 11.3 Å². The third-order valence-corrected chi connectivity index (χ3v) is 2.78. The second-order valence-corrected chi connectivity index (χ2v) is 3.80. The predicted molar refractivity (Wildman–Crippen MR) is 58.4 cm³/mol. The summed E-state index contributed by atoms with van der Waals surface area (Å²) in [5.74, 6) is 0.977. The maximum absolute atomic E-state index is 4.28. The Morgan fingerprint density at radius 1 is 1.64 bits per heavy atom. The van der Waals surface area contributed by atoms with Gasteiger partial charge in [0.15, 0.2) is 0 Å². The van der Waals surface area contributed by atoms with E-state index in [4.69, 9.17) is 0 Å². The fourth-order valence-corrected chi connectivity index (χ4v) is 2.14. The summed E-state index contributed by atoms with van der Waals surface area (Å²) in [7, 11) is 0. The lowest BCUT2D eigenvalue weighted by atomic mass is 10.1. The van der Waals surface area contributed by atoms with Crippen molar-refractivity contribution in [1.29, 1.82) is 0 Å². The number of aromatic amines is 1. The molecule has 0 spiro atoms. The minimum Gasteiger partial charge on any atom is -0.347 e. The van der Waals surface area contributed by atoms with Crippen LogP contribution in [0, 0.1) is 0 Å². The fraction of sp³-hybridized carbons (Fsp3) is 0.300. The van der Waals surface area contributed by atoms with Gasteiger partial charge in [0.1, 0.15) is 5.82 Å². The molecule has 2 aromatic rings. The number of imidazole rings is 1. The summed E-state index contributed by atoms with van der Waals surface area (Å²) in [6, 6.07) is 2.32. The molecule has 0 bridgehead atoms. The Kier molecular flexibility index (Phi) is 2.96. The second-order valence-electron chi connectivity index (χ2n) is 3.02. The van der Waals surface area contributed by atoms with Crippen LogP contribution in [-0.4, -0.2) is 16.5 Å². The van der Waals surface area contributed by atoms with Crippen LogP contribution in [0.2, 0.25) is 0 Å². The summed E-state index contributed by atoms with van der Waals surface area (Å²) < 4.78 is 0. The molecule has 0 radical (unpaired) electrons. The third-order valence-electron chi connectivity index (χ3n) is 2.08. The van der Waals surface area contributed by atoms with Crippen molar-refractivity contribution in [1.82, 2.24) is 15.3 Å². The Hall–Kier alpha value is -1.13. The zero-order valence-electron chi connectivity index (χ0n) is 8.03. The van der Waals surface area contributed by atoms with Gasteiger partial charge in [0.2, 0.25) is 0 Å². The van der Waals surface area contributed by atoms with E-state index in [1.165, 1.54) is 5.56 Å². The van der Waals surface area contributed by atoms with Gasteiger partial charge in [-0.3, -0.25) is 0 Å². The molecule has 2 N–H and O–H groups in total. The van der Waals surface area contributed by atoms with Crippen LogP contribution in [0.4, 0.5) is 0 Å². The van der Waals surface area contributed by atoms with E-state index in [0.29, 0.717) is 0 Å². The van der Waals surface area contributed by atoms with Gasteiger partial charge < -0.3 is 10.3 Å². The Labute approximate surface area is 87.2 Å². The standard InChI is InChI=1S/C10H13N3S/c1-2-11-9(8-3-6-14-7-8)10-12-4-5-13-10/h3-7,9,11H,2H2,1H3,(H,12,13). The Balaban J connectivity index is 2.25. The molecule has 4 heteroatoms. The molecule has 0 aliphatic rings. The van der Waals surface area contributed by atoms with E-state index in [1.54, 1.807) is 17.5 Å². The quantitative estimate of drug-likeness (QED) is 0.806. The van der Waals surface area contributed by atoms with Gasteiger partial charge in [-0.1, -0.05) is 6.92 Å². The van der Waals surface area contributed by atoms with Gasteiger partial charge in [0.05, 0.1) is 6.04 Å². The van der Waals surface area contributed by atoms with E-state index in [9.17, 15) is 0 Å². The predicted octanol–water partition coefficient (Wildman–Crippen LogP) is 2.17. The molecule has 0 aromatic carbocycles. The number of H-pyrrole nitrogens is 1. The van der Waals surface area contributed by atoms with Crippen LogP contribution in [0.1, 0.15) is 24.4 Å². The van der Waals surface area contributed by atoms with E-state index < -0.39 is 0 Å². The molecule has 74 valence electrons. The van der Waals surface area contributed by atoms with Gasteiger partial charge in [0, 0.05) is 12.4 Å². The molecule has 2 aromatic heterocycles. The number of nitrogens with one attached hydrogen (secondary N) is 2. The van der Waals surface area contributed by atoms with Crippen molar-refractivity contribution in [3.8, 4) is 0 Å². The van der Waals surface area contributed by atoms with Crippen LogP contribution in [0.15, 0.2) is 29.2 Å². The molecule has 0 saturated carbocycles. The minimum absolute atomic E-state index is 0.196. The lowest BCUT2D eigenvalue weighted by Crippen LogP contribution is -2.22. The van der Waals surface area contributed by atoms with Crippen molar-refractivity contribution in [3.63, 3.8) is 0 Å². The first kappa shape index (κ1) is 9.43. The van der Waals surface area contributed by atoms with Crippen molar-refractivity contribution in [2.45, 2.75) is 13.0 Å². The first-order chi connectivity index (χ1) is 6.92. The van der Waals surface area contributed by atoms with E-state index >= 15 is 0 Å². The van der Waals surface area contributed by atoms with Crippen molar-refractivity contribution < 1.29 is 0 Å². The first-order valence-corrected chi connectivity index (χ1v) is 5.61. The molecule has 0 saturated heterocycles. The summed E-state index contributed by atoms with van der Waals surface area (Å²) in [5, 5.41) is 7.63. The molecule has 2 rings (SSSR count). The molecule has 1 atom stereocenters. The lowest BCUT2D eigenvalue weighted by Gasteiger charge is -2.13. The van der Waals surface area contributed by atoms with Crippen molar-refractivity contribution in [2.24, 2.45) is 0 Å². The maximum atomic E-state index is 4.28. The zero-order chi connectivity index (χ0) is 9.80. The van der Waals surface area contributed by atoms with Gasteiger partial charge >= 0.3 is 0 Å². The summed E-state index contributed by atoms with van der Waals surface area (Å²) in [5.41, 5.74) is 1.27. The molecule has 3 nitrogen and oxygen atoms in total. The number of rotatable bonds is 4. The molecular formula is C10H13N3S. The number of hydrogen-bond acceptors (Lipinski definition) is 3. The molecule has 0 aliphatic carbocycles. The Morgan fingerprint density at radius 3 is 3.14 bits per heavy atom. The highest BCUT2D eigenvalue weighted by Crippen LogP contribution is 2.20. The number of nitrogens with zero attached hydrogens (tertiary/aromatic N) is 1. The average Bonchev–Trinajstić information content (AvgIpc) is 2.87. The van der Waals surface area contributed by atoms with E-state index in [-0.39, 0.29) is 6.04 Å². The van der Waals surface area contributed by atoms with E-state index in [1.807, 2.05) is 6.20 Å². The van der Waals surface area contributed by atoms with E-state index in [2.05, 4.69) is 39.0 Å². The van der Waals surface area contributed by atoms with Crippen LogP contribution < -0.4 is 5.32 Å². The highest BCUT2D eigenvalue weighted by Gasteiger charge is 2.14. The maximum Gasteiger partial charge on any atom is 0.127 e. The fourth-order valence-electron chi connectivity index (χ4n) is 1.45. The first-order valence-electron chi connectivity index (χ1n) is 4.66. The smallest absolute Gasteiger partial charge is 0.127 e. The summed E-state index contributed by atoms with van der Waals surface area (Å²) in [6.45, 7) is 3.03. The van der Waals surface area contributed by atoms with Gasteiger partial charge in [0.25, 0.3) is 0 Å². The van der Waals surface area contributed by atoms with Crippen molar-refractivity contribution in [3.05, 3.63) is 40.6 Å². The Morgan fingerprint density at radius 2 is 2.57 bits per heavy atom. The normalized spacial score (nSPS) is 12.9. The van der Waals surface area contributed by atoms with Crippen LogP contribution in [0.25, 0.3) is 0 Å².